The first-order valence-corrected chi connectivity index (χ1v) is 3.72. The Bertz CT molecular complexity index is 369. The standard InChI is InChI=1S/C9H8O5/c1-4-5(2-10)6(3-11)8(13)9(14)7(4)12/h2-3,12-14H,1H3. The lowest BCUT2D eigenvalue weighted by Crippen LogP contribution is -1.96. The SMILES string of the molecule is Cc1c(O)c(O)c(O)c(C=O)c1C=O. The van der Waals surface area contributed by atoms with Crippen LogP contribution in [0.3, 0.4) is 0 Å². The van der Waals surface area contributed by atoms with Gasteiger partial charge in [-0.2, -0.15) is 0 Å². The summed E-state index contributed by atoms with van der Waals surface area (Å²) in [5.41, 5.74) is -0.405. The van der Waals surface area contributed by atoms with E-state index in [-0.39, 0.29) is 23.0 Å². The summed E-state index contributed by atoms with van der Waals surface area (Å²) in [7, 11) is 0. The van der Waals surface area contributed by atoms with Crippen LogP contribution in [0.25, 0.3) is 0 Å². The molecule has 1 aromatic carbocycles. The largest absolute Gasteiger partial charge is 0.504 e. The second-order valence-corrected chi connectivity index (χ2v) is 2.73. The summed E-state index contributed by atoms with van der Waals surface area (Å²) in [6.07, 6.45) is 0.573. The van der Waals surface area contributed by atoms with Gasteiger partial charge in [0.05, 0.1) is 5.56 Å². The molecule has 0 aliphatic heterocycles. The van der Waals surface area contributed by atoms with Crippen LogP contribution in [-0.4, -0.2) is 27.9 Å². The van der Waals surface area contributed by atoms with E-state index in [2.05, 4.69) is 0 Å². The van der Waals surface area contributed by atoms with Crippen molar-refractivity contribution in [1.29, 1.82) is 0 Å². The molecule has 0 fully saturated rings. The van der Waals surface area contributed by atoms with Crippen molar-refractivity contribution in [3.05, 3.63) is 16.7 Å². The Labute approximate surface area is 79.2 Å². The van der Waals surface area contributed by atoms with Crippen molar-refractivity contribution >= 4 is 12.6 Å². The van der Waals surface area contributed by atoms with Crippen LogP contribution < -0.4 is 0 Å². The monoisotopic (exact) mass is 196 g/mol. The molecule has 0 unspecified atom stereocenters. The van der Waals surface area contributed by atoms with Gasteiger partial charge in [0.2, 0.25) is 5.75 Å². The maximum absolute atomic E-state index is 10.6. The van der Waals surface area contributed by atoms with E-state index < -0.39 is 17.2 Å². The third-order valence-corrected chi connectivity index (χ3v) is 1.99. The molecule has 0 saturated carbocycles. The van der Waals surface area contributed by atoms with Gasteiger partial charge in [-0.05, 0) is 6.92 Å². The summed E-state index contributed by atoms with van der Waals surface area (Å²) < 4.78 is 0. The van der Waals surface area contributed by atoms with Crippen LogP contribution in [0, 0.1) is 6.92 Å². The summed E-state index contributed by atoms with van der Waals surface area (Å²) in [5.74, 6) is -2.18. The molecule has 0 aliphatic carbocycles. The molecule has 3 N–H and O–H groups in total. The normalized spacial score (nSPS) is 9.79. The molecule has 0 amide bonds. The lowest BCUT2D eigenvalue weighted by atomic mass is 10.0. The number of hydrogen-bond acceptors (Lipinski definition) is 5. The van der Waals surface area contributed by atoms with Crippen molar-refractivity contribution in [2.75, 3.05) is 0 Å². The highest BCUT2D eigenvalue weighted by Gasteiger charge is 2.19. The number of aromatic hydroxyl groups is 3. The van der Waals surface area contributed by atoms with Crippen molar-refractivity contribution in [3.8, 4) is 17.2 Å². The molecule has 1 rings (SSSR count). The van der Waals surface area contributed by atoms with Gasteiger partial charge in [-0.25, -0.2) is 0 Å². The molecule has 0 radical (unpaired) electrons. The van der Waals surface area contributed by atoms with Crippen molar-refractivity contribution in [3.63, 3.8) is 0 Å². The summed E-state index contributed by atoms with van der Waals surface area (Å²) in [6.45, 7) is 1.35. The van der Waals surface area contributed by atoms with Gasteiger partial charge in [0.1, 0.15) is 0 Å². The minimum absolute atomic E-state index is 0.0531. The zero-order valence-corrected chi connectivity index (χ0v) is 7.31. The van der Waals surface area contributed by atoms with E-state index >= 15 is 0 Å². The first-order chi connectivity index (χ1) is 6.54. The maximum atomic E-state index is 10.6. The molecule has 74 valence electrons. The maximum Gasteiger partial charge on any atom is 0.201 e. The topological polar surface area (TPSA) is 94.8 Å². The van der Waals surface area contributed by atoms with Gasteiger partial charge in [-0.3, -0.25) is 9.59 Å². The fourth-order valence-electron chi connectivity index (χ4n) is 1.15. The molecule has 0 atom stereocenters. The Morgan fingerprint density at radius 3 is 1.79 bits per heavy atom. The van der Waals surface area contributed by atoms with E-state index in [0.717, 1.165) is 0 Å². The molecule has 5 nitrogen and oxygen atoms in total. The quantitative estimate of drug-likeness (QED) is 0.479. The third-order valence-electron chi connectivity index (χ3n) is 1.99. The van der Waals surface area contributed by atoms with Crippen molar-refractivity contribution in [1.82, 2.24) is 0 Å². The van der Waals surface area contributed by atoms with E-state index in [9.17, 15) is 19.8 Å². The van der Waals surface area contributed by atoms with Gasteiger partial charge in [-0.15, -0.1) is 0 Å². The summed E-state index contributed by atoms with van der Waals surface area (Å²) in [5, 5.41) is 27.6. The van der Waals surface area contributed by atoms with Crippen molar-refractivity contribution in [2.45, 2.75) is 6.92 Å². The van der Waals surface area contributed by atoms with Crippen LogP contribution in [-0.2, 0) is 0 Å². The highest BCUT2D eigenvalue weighted by atomic mass is 16.3. The van der Waals surface area contributed by atoms with Gasteiger partial charge in [0, 0.05) is 11.1 Å². The zero-order chi connectivity index (χ0) is 10.9. The molecule has 5 heteroatoms. The number of rotatable bonds is 2. The smallest absolute Gasteiger partial charge is 0.201 e. The van der Waals surface area contributed by atoms with Crippen molar-refractivity contribution < 1.29 is 24.9 Å². The van der Waals surface area contributed by atoms with Gasteiger partial charge >= 0.3 is 0 Å². The summed E-state index contributed by atoms with van der Waals surface area (Å²) >= 11 is 0. The highest BCUT2D eigenvalue weighted by Crippen LogP contribution is 2.41. The van der Waals surface area contributed by atoms with Gasteiger partial charge in [0.15, 0.2) is 24.1 Å². The number of carbonyl (C=O) groups is 2. The van der Waals surface area contributed by atoms with Crippen LogP contribution in [0.1, 0.15) is 26.3 Å². The van der Waals surface area contributed by atoms with Crippen LogP contribution in [0.4, 0.5) is 0 Å². The number of aldehydes is 2. The Hall–Kier alpha value is -2.04. The zero-order valence-electron chi connectivity index (χ0n) is 7.31. The minimum Gasteiger partial charge on any atom is -0.504 e. The van der Waals surface area contributed by atoms with Gasteiger partial charge in [0.25, 0.3) is 0 Å². The van der Waals surface area contributed by atoms with Crippen LogP contribution in [0.5, 0.6) is 17.2 Å². The molecule has 0 bridgehead atoms. The molecule has 1 aromatic rings. The number of hydrogen-bond donors (Lipinski definition) is 3. The lowest BCUT2D eigenvalue weighted by molar-refractivity contribution is 0.109. The number of phenols is 3. The molecule has 14 heavy (non-hydrogen) atoms. The van der Waals surface area contributed by atoms with E-state index in [1.807, 2.05) is 0 Å². The Balaban J connectivity index is 3.73. The Morgan fingerprint density at radius 1 is 0.857 bits per heavy atom. The minimum atomic E-state index is -0.796. The third kappa shape index (κ3) is 1.19. The Kier molecular flexibility index (Phi) is 2.42. The molecule has 0 aliphatic rings. The van der Waals surface area contributed by atoms with Crippen LogP contribution in [0.15, 0.2) is 0 Å². The van der Waals surface area contributed by atoms with E-state index in [1.165, 1.54) is 6.92 Å². The lowest BCUT2D eigenvalue weighted by Gasteiger charge is -2.09. The predicted molar refractivity (Wildman–Crippen MR) is 46.9 cm³/mol. The van der Waals surface area contributed by atoms with Crippen LogP contribution >= 0.6 is 0 Å². The van der Waals surface area contributed by atoms with E-state index in [4.69, 9.17) is 5.11 Å². The highest BCUT2D eigenvalue weighted by molar-refractivity contribution is 5.96. The van der Waals surface area contributed by atoms with Crippen molar-refractivity contribution in [2.24, 2.45) is 0 Å². The summed E-state index contributed by atoms with van der Waals surface area (Å²) in [4.78, 5) is 21.1. The second-order valence-electron chi connectivity index (χ2n) is 2.73. The van der Waals surface area contributed by atoms with Gasteiger partial charge < -0.3 is 15.3 Å². The summed E-state index contributed by atoms with van der Waals surface area (Å²) in [6, 6.07) is 0. The predicted octanol–water partition coefficient (Wildman–Crippen LogP) is 0.737. The molecular weight excluding hydrogens is 188 g/mol. The average molecular weight is 196 g/mol. The number of benzene rings is 1. The first kappa shape index (κ1) is 10.0. The molecular formula is C9H8O5. The van der Waals surface area contributed by atoms with Gasteiger partial charge in [-0.1, -0.05) is 0 Å². The second kappa shape index (κ2) is 3.37. The molecule has 0 spiro atoms. The fraction of sp³-hybridized carbons (Fsp3) is 0.111. The average Bonchev–Trinajstić information content (AvgIpc) is 2.20. The van der Waals surface area contributed by atoms with E-state index in [1.54, 1.807) is 0 Å². The number of phenolic OH excluding ortho intramolecular Hbond substituents is 3. The molecule has 0 saturated heterocycles. The van der Waals surface area contributed by atoms with E-state index in [0.29, 0.717) is 6.29 Å². The first-order valence-electron chi connectivity index (χ1n) is 3.72. The fourth-order valence-corrected chi connectivity index (χ4v) is 1.15. The molecule has 0 aromatic heterocycles. The van der Waals surface area contributed by atoms with Crippen LogP contribution in [0.2, 0.25) is 0 Å². The molecule has 0 heterocycles. The number of carbonyl (C=O) groups excluding carboxylic acids is 2. The Morgan fingerprint density at radius 2 is 1.36 bits per heavy atom.